The molecule has 0 aliphatic carbocycles. The minimum absolute atomic E-state index is 0.0273. The maximum atomic E-state index is 17.3. The van der Waals surface area contributed by atoms with E-state index in [0.29, 0.717) is 45.7 Å². The van der Waals surface area contributed by atoms with Gasteiger partial charge in [0.2, 0.25) is 0 Å². The van der Waals surface area contributed by atoms with Gasteiger partial charge in [0, 0.05) is 29.3 Å². The number of H-pyrrole nitrogens is 1. The summed E-state index contributed by atoms with van der Waals surface area (Å²) in [6.45, 7) is -11.2. The number of hydrogen-bond donors (Lipinski definition) is 3. The van der Waals surface area contributed by atoms with Crippen LogP contribution in [0.2, 0.25) is 0 Å². The first kappa shape index (κ1) is 53.5. The van der Waals surface area contributed by atoms with Crippen LogP contribution >= 0.6 is 36.4 Å². The van der Waals surface area contributed by atoms with Crippen molar-refractivity contribution in [3.63, 3.8) is 0 Å². The number of nitrogens with one attached hydrogen (secondary N) is 1. The molecule has 3 aliphatic heterocycles. The maximum absolute atomic E-state index is 17.3. The Bertz CT molecular complexity index is 3540. The standard InChI is InChI=1S/C48H41F2N7O16P2S2/c49-37-34-20-66-74(64,76-22-27-3-13-32(14-4-27)68-46(61)29-7-1-26(19-58)2-8-29)72-40-35(71-44(38(40)50)57-25-54-39-42(51)52-24-53-43(39)57)21-67-75(65,73-41(37)45(70-34)56-18-17-36(60)55-48(56)63)77-23-28-5-15-33(16-6-28)69-47(62)30-9-11-31(59)12-10-30/h1-19,24-25,34-35,37-38,40-41,44-45,59H,20-23H2,(H2,51,52,53)(H,55,60,63)/t34-,35-,37-,38-,40-,41-,44-,45-,74?,75?/m1/s1. The smallest absolute Gasteiger partial charge is 0.390 e. The molecule has 3 aromatic heterocycles. The SMILES string of the molecule is Nc1ncnc2c1ncn2[C@@H]1O[C@@H]2COP(=O)(SCc3ccc(OC(=O)c4ccc(O)cc4)cc3)O[C@@H]3[C@H](F)[C@@H](COP(=O)(SCc4ccc(OC(=O)c5ccc(C=O)cc5)cc4)O[C@H]2[C@H]1F)O[C@H]3n1ccc(=O)[nH]c1=O. The zero-order valence-corrected chi connectivity index (χ0v) is 42.8. The molecule has 3 fully saturated rings. The van der Waals surface area contributed by atoms with Crippen molar-refractivity contribution >= 4 is 71.6 Å². The molecule has 0 radical (unpaired) electrons. The van der Waals surface area contributed by atoms with Crippen molar-refractivity contribution in [3.05, 3.63) is 171 Å². The van der Waals surface area contributed by atoms with Gasteiger partial charge in [-0.25, -0.2) is 47.2 Å². The highest BCUT2D eigenvalue weighted by atomic mass is 32.7. The highest BCUT2D eigenvalue weighted by Crippen LogP contribution is 2.67. The third kappa shape index (κ3) is 12.0. The second kappa shape index (κ2) is 22.6. The van der Waals surface area contributed by atoms with E-state index in [0.717, 1.165) is 23.2 Å². The van der Waals surface area contributed by atoms with Crippen LogP contribution in [0.1, 0.15) is 54.7 Å². The predicted octanol–water partition coefficient (Wildman–Crippen LogP) is 7.29. The van der Waals surface area contributed by atoms with Gasteiger partial charge in [-0.05, 0) is 94.6 Å². The number of imidazole rings is 1. The second-order valence-corrected chi connectivity index (χ2v) is 25.2. The van der Waals surface area contributed by atoms with E-state index in [4.69, 9.17) is 42.8 Å². The van der Waals surface area contributed by atoms with Crippen LogP contribution in [0.3, 0.4) is 0 Å². The van der Waals surface area contributed by atoms with Gasteiger partial charge in [-0.15, -0.1) is 0 Å². The second-order valence-electron chi connectivity index (χ2n) is 17.1. The van der Waals surface area contributed by atoms with Crippen molar-refractivity contribution in [2.75, 3.05) is 18.9 Å². The molecule has 4 aromatic carbocycles. The number of nitrogen functional groups attached to an aromatic ring is 1. The Labute approximate surface area is 440 Å². The van der Waals surface area contributed by atoms with Crippen LogP contribution in [0.5, 0.6) is 17.2 Å². The van der Waals surface area contributed by atoms with E-state index in [2.05, 4.69) is 19.9 Å². The lowest BCUT2D eigenvalue weighted by molar-refractivity contribution is -0.0589. The molecule has 6 heterocycles. The van der Waals surface area contributed by atoms with Gasteiger partial charge in [-0.1, -0.05) is 36.4 Å². The van der Waals surface area contributed by atoms with Crippen LogP contribution in [-0.4, -0.2) is 102 Å². The van der Waals surface area contributed by atoms with Crippen LogP contribution in [0.25, 0.3) is 11.2 Å². The number of esters is 2. The largest absolute Gasteiger partial charge is 0.508 e. The van der Waals surface area contributed by atoms with Crippen molar-refractivity contribution < 1.29 is 74.4 Å². The number of benzene rings is 4. The number of carbonyl (C=O) groups is 3. The van der Waals surface area contributed by atoms with E-state index >= 15 is 17.9 Å². The number of ether oxygens (including phenoxy) is 4. The van der Waals surface area contributed by atoms with Crippen LogP contribution in [0, 0.1) is 0 Å². The van der Waals surface area contributed by atoms with Crippen molar-refractivity contribution in [2.24, 2.45) is 0 Å². The Hall–Kier alpha value is -6.90. The monoisotopic (exact) mass is 1140 g/mol. The summed E-state index contributed by atoms with van der Waals surface area (Å²) < 4.78 is 114. The summed E-state index contributed by atoms with van der Waals surface area (Å²) in [5, 5.41) is 9.59. The fraction of sp³-hybridized carbons (Fsp3) is 0.250. The predicted molar refractivity (Wildman–Crippen MR) is 271 cm³/mol. The normalized spacial score (nSPS) is 26.4. The minimum Gasteiger partial charge on any atom is -0.508 e. The van der Waals surface area contributed by atoms with Crippen molar-refractivity contribution in [2.45, 2.75) is 60.7 Å². The van der Waals surface area contributed by atoms with Gasteiger partial charge in [0.1, 0.15) is 59.8 Å². The summed E-state index contributed by atoms with van der Waals surface area (Å²) in [5.41, 5.74) is 5.99. The van der Waals surface area contributed by atoms with Crippen LogP contribution < -0.4 is 26.5 Å². The molecular formula is C48H41F2N7O16P2S2. The fourth-order valence-corrected chi connectivity index (χ4v) is 14.8. The number of aldehydes is 1. The quantitative estimate of drug-likeness (QED) is 0.0442. The number of phenolic OH excluding ortho intramolecular Hbond substituents is 1. The lowest BCUT2D eigenvalue weighted by Gasteiger charge is -2.28. The molecule has 3 saturated heterocycles. The highest BCUT2D eigenvalue weighted by Gasteiger charge is 2.55. The van der Waals surface area contributed by atoms with Gasteiger partial charge in [-0.3, -0.25) is 41.8 Å². The number of alkyl halides is 2. The van der Waals surface area contributed by atoms with Gasteiger partial charge in [0.15, 0.2) is 36.3 Å². The zero-order chi connectivity index (χ0) is 54.0. The number of rotatable bonds is 13. The summed E-state index contributed by atoms with van der Waals surface area (Å²) in [5.74, 6) is -1.54. The van der Waals surface area contributed by atoms with Gasteiger partial charge >= 0.3 is 31.2 Å². The highest BCUT2D eigenvalue weighted by molar-refractivity contribution is 8.55. The van der Waals surface area contributed by atoms with E-state index in [1.54, 1.807) is 12.1 Å². The Morgan fingerprint density at radius 2 is 1.29 bits per heavy atom. The number of aromatic amines is 1. The fourth-order valence-electron chi connectivity index (χ4n) is 8.09. The van der Waals surface area contributed by atoms with E-state index < -0.39 is 99.2 Å². The maximum Gasteiger partial charge on any atom is 0.390 e. The van der Waals surface area contributed by atoms with E-state index in [9.17, 15) is 29.1 Å². The molecule has 7 aromatic rings. The van der Waals surface area contributed by atoms with Gasteiger partial charge in [-0.2, -0.15) is 0 Å². The van der Waals surface area contributed by atoms with E-state index in [1.165, 1.54) is 95.8 Å². The van der Waals surface area contributed by atoms with Crippen molar-refractivity contribution in [3.8, 4) is 17.2 Å². The summed E-state index contributed by atoms with van der Waals surface area (Å²) in [6, 6.07) is 24.2. The summed E-state index contributed by atoms with van der Waals surface area (Å²) >= 11 is 1.14. The molecule has 400 valence electrons. The van der Waals surface area contributed by atoms with Crippen molar-refractivity contribution in [1.29, 1.82) is 0 Å². The number of carbonyl (C=O) groups excluding carboxylic acids is 3. The number of halogens is 2. The zero-order valence-electron chi connectivity index (χ0n) is 39.4. The third-order valence-electron chi connectivity index (χ3n) is 12.0. The third-order valence-corrected chi connectivity index (χ3v) is 19.4. The molecule has 2 unspecified atom stereocenters. The van der Waals surface area contributed by atoms with Gasteiger partial charge < -0.3 is 29.8 Å². The molecule has 0 saturated carbocycles. The number of anilines is 1. The first-order chi connectivity index (χ1) is 37.0. The molecule has 10 atom stereocenters. The average Bonchev–Trinajstić information content (AvgIpc) is 4.15. The van der Waals surface area contributed by atoms with E-state index in [-0.39, 0.29) is 56.9 Å². The molecule has 10 rings (SSSR count). The van der Waals surface area contributed by atoms with E-state index in [1.807, 2.05) is 0 Å². The number of aromatic nitrogens is 6. The van der Waals surface area contributed by atoms with Crippen LogP contribution in [0.15, 0.2) is 132 Å². The first-order valence-corrected chi connectivity index (χ1v) is 29.3. The topological polar surface area (TPSA) is 304 Å². The molecule has 4 N–H and O–H groups in total. The van der Waals surface area contributed by atoms with Gasteiger partial charge in [0.25, 0.3) is 5.56 Å². The number of hydrogen-bond acceptors (Lipinski definition) is 22. The number of nitrogens with two attached hydrogens (primary N) is 1. The Morgan fingerprint density at radius 3 is 1.87 bits per heavy atom. The molecular weight excluding hydrogens is 1090 g/mol. The first-order valence-electron chi connectivity index (χ1n) is 23.0. The van der Waals surface area contributed by atoms with Crippen LogP contribution in [-0.2, 0) is 48.2 Å². The Kier molecular flexibility index (Phi) is 15.7. The van der Waals surface area contributed by atoms with Crippen LogP contribution in [0.4, 0.5) is 14.6 Å². The number of aromatic hydroxyl groups is 1. The summed E-state index contributed by atoms with van der Waals surface area (Å²) in [6.07, 6.45) is -11.1. The molecule has 77 heavy (non-hydrogen) atoms. The molecule has 0 spiro atoms. The Morgan fingerprint density at radius 1 is 0.727 bits per heavy atom. The average molecular weight is 1140 g/mol. The molecule has 23 nitrogen and oxygen atoms in total. The number of fused-ring (bicyclic) bond motifs is 4. The van der Waals surface area contributed by atoms with Crippen molar-refractivity contribution in [1.82, 2.24) is 29.1 Å². The minimum atomic E-state index is -4.77. The van der Waals surface area contributed by atoms with Gasteiger partial charge in [0.05, 0.1) is 30.7 Å². The lowest BCUT2D eigenvalue weighted by Crippen LogP contribution is -2.37. The molecule has 0 amide bonds. The molecule has 29 heteroatoms. The molecule has 3 aliphatic rings. The number of nitrogens with zero attached hydrogens (tertiary/aromatic N) is 5. The lowest BCUT2D eigenvalue weighted by atomic mass is 10.1. The Balaban J connectivity index is 0.944. The summed E-state index contributed by atoms with van der Waals surface area (Å²) in [4.78, 5) is 76.3. The number of phenols is 1. The molecule has 2 bridgehead atoms. The summed E-state index contributed by atoms with van der Waals surface area (Å²) in [7, 11) is 0.